The molecule has 1 heterocycles. The van der Waals surface area contributed by atoms with Gasteiger partial charge in [-0.05, 0) is 24.1 Å². The molecule has 1 amide bonds. The first-order valence-corrected chi connectivity index (χ1v) is 9.64. The van der Waals surface area contributed by atoms with Gasteiger partial charge in [0, 0.05) is 20.3 Å². The third-order valence-corrected chi connectivity index (χ3v) is 4.92. The minimum Gasteiger partial charge on any atom is -0.373 e. The first-order valence-electron chi connectivity index (χ1n) is 9.64. The van der Waals surface area contributed by atoms with Crippen LogP contribution in [0.15, 0.2) is 63.0 Å². The monoisotopic (exact) mass is 408 g/mol. The first kappa shape index (κ1) is 21.0. The lowest BCUT2D eigenvalue weighted by atomic mass is 10.0. The van der Waals surface area contributed by atoms with Gasteiger partial charge in [-0.3, -0.25) is 19.2 Å². The van der Waals surface area contributed by atoms with E-state index in [0.717, 1.165) is 5.56 Å². The number of anilines is 3. The lowest BCUT2D eigenvalue weighted by Gasteiger charge is -2.22. The van der Waals surface area contributed by atoms with Gasteiger partial charge in [0.15, 0.2) is 0 Å². The molecule has 3 aromatic rings. The maximum atomic E-state index is 12.7. The van der Waals surface area contributed by atoms with Crippen LogP contribution in [0.4, 0.5) is 17.1 Å². The van der Waals surface area contributed by atoms with Crippen molar-refractivity contribution < 1.29 is 4.79 Å². The molecule has 0 spiro atoms. The number of amides is 1. The molecule has 2 aromatic carbocycles. The number of rotatable bonds is 8. The predicted molar refractivity (Wildman–Crippen MR) is 117 cm³/mol. The molecule has 8 heteroatoms. The zero-order valence-corrected chi connectivity index (χ0v) is 17.1. The highest BCUT2D eigenvalue weighted by atomic mass is 16.2. The van der Waals surface area contributed by atoms with Crippen LogP contribution in [0.2, 0.25) is 0 Å². The van der Waals surface area contributed by atoms with E-state index in [1.165, 1.54) is 21.7 Å². The second-order valence-corrected chi connectivity index (χ2v) is 7.19. The van der Waals surface area contributed by atoms with Crippen molar-refractivity contribution in [2.45, 2.75) is 25.9 Å². The Bertz CT molecular complexity index is 1170. The Morgan fingerprint density at radius 3 is 2.30 bits per heavy atom. The summed E-state index contributed by atoms with van der Waals surface area (Å²) in [6.45, 7) is 1.85. The summed E-state index contributed by atoms with van der Waals surface area (Å²) in [6, 6.07) is 12.6. The highest BCUT2D eigenvalue weighted by Gasteiger charge is 2.24. The summed E-state index contributed by atoms with van der Waals surface area (Å²) in [6.07, 6.45) is 2.20. The molecule has 8 nitrogen and oxygen atoms in total. The standard InChI is InChI=1S/C22H24N4O4/c1-4-15(14-9-6-5-7-10-14)23-18-19(21(29)20(18)28)24-16-11-8-12-26(22(16)30)13-17(27)25(2)3/h5-12,15,23-24H,4,13H2,1-3H3. The highest BCUT2D eigenvalue weighted by Crippen LogP contribution is 2.26. The normalized spacial score (nSPS) is 11.8. The Hall–Kier alpha value is -3.68. The van der Waals surface area contributed by atoms with Crippen molar-refractivity contribution in [1.82, 2.24) is 9.47 Å². The average molecular weight is 408 g/mol. The zero-order chi connectivity index (χ0) is 21.8. The summed E-state index contributed by atoms with van der Waals surface area (Å²) < 4.78 is 1.25. The third-order valence-electron chi connectivity index (χ3n) is 4.92. The van der Waals surface area contributed by atoms with Gasteiger partial charge in [0.25, 0.3) is 16.4 Å². The topological polar surface area (TPSA) is 101 Å². The molecule has 1 aromatic heterocycles. The molecule has 0 saturated heterocycles. The molecule has 1 atom stereocenters. The first-order chi connectivity index (χ1) is 14.3. The van der Waals surface area contributed by atoms with E-state index in [2.05, 4.69) is 10.6 Å². The Morgan fingerprint density at radius 1 is 1.00 bits per heavy atom. The van der Waals surface area contributed by atoms with Crippen LogP contribution in [0.1, 0.15) is 24.9 Å². The van der Waals surface area contributed by atoms with Crippen molar-refractivity contribution in [1.29, 1.82) is 0 Å². The number of carbonyl (C=O) groups excluding carboxylic acids is 1. The van der Waals surface area contributed by atoms with Crippen LogP contribution in [0.5, 0.6) is 0 Å². The molecular formula is C22H24N4O4. The Morgan fingerprint density at radius 2 is 1.67 bits per heavy atom. The minimum atomic E-state index is -0.681. The molecule has 30 heavy (non-hydrogen) atoms. The van der Waals surface area contributed by atoms with Crippen LogP contribution in [0.3, 0.4) is 0 Å². The van der Waals surface area contributed by atoms with Gasteiger partial charge in [-0.2, -0.15) is 0 Å². The largest absolute Gasteiger partial charge is 0.373 e. The van der Waals surface area contributed by atoms with Crippen LogP contribution in [0, 0.1) is 0 Å². The molecule has 0 bridgehead atoms. The fourth-order valence-corrected chi connectivity index (χ4v) is 3.11. The summed E-state index contributed by atoms with van der Waals surface area (Å²) >= 11 is 0. The zero-order valence-electron chi connectivity index (χ0n) is 17.1. The second kappa shape index (κ2) is 8.77. The van der Waals surface area contributed by atoms with Crippen LogP contribution in [-0.2, 0) is 11.3 Å². The van der Waals surface area contributed by atoms with E-state index in [9.17, 15) is 19.2 Å². The Balaban J connectivity index is 1.87. The number of nitrogens with zero attached hydrogens (tertiary/aromatic N) is 2. The van der Waals surface area contributed by atoms with Gasteiger partial charge in [0.05, 0.1) is 6.04 Å². The van der Waals surface area contributed by atoms with Crippen LogP contribution in [0.25, 0.3) is 0 Å². The van der Waals surface area contributed by atoms with E-state index in [0.29, 0.717) is 6.42 Å². The lowest BCUT2D eigenvalue weighted by Crippen LogP contribution is -2.38. The number of nitrogens with one attached hydrogen (secondary N) is 2. The third kappa shape index (κ3) is 4.17. The molecular weight excluding hydrogens is 384 g/mol. The predicted octanol–water partition coefficient (Wildman–Crippen LogP) is 1.84. The van der Waals surface area contributed by atoms with Crippen LogP contribution >= 0.6 is 0 Å². The number of likely N-dealkylation sites (N-methyl/N-ethyl adjacent to an activating group) is 1. The molecule has 0 aliphatic heterocycles. The lowest BCUT2D eigenvalue weighted by molar-refractivity contribution is -0.129. The number of hydrogen-bond acceptors (Lipinski definition) is 6. The number of aromatic nitrogens is 1. The van der Waals surface area contributed by atoms with Gasteiger partial charge in [-0.25, -0.2) is 0 Å². The van der Waals surface area contributed by atoms with Crippen molar-refractivity contribution in [2.75, 3.05) is 24.7 Å². The van der Waals surface area contributed by atoms with Gasteiger partial charge < -0.3 is 20.1 Å². The minimum absolute atomic E-state index is 0.0585. The second-order valence-electron chi connectivity index (χ2n) is 7.19. The molecule has 0 aliphatic rings. The van der Waals surface area contributed by atoms with E-state index < -0.39 is 16.4 Å². The summed E-state index contributed by atoms with van der Waals surface area (Å²) in [4.78, 5) is 50.3. The quantitative estimate of drug-likeness (QED) is 0.552. The summed E-state index contributed by atoms with van der Waals surface area (Å²) in [5, 5.41) is 5.92. The summed E-state index contributed by atoms with van der Waals surface area (Å²) in [5.74, 6) is -0.237. The van der Waals surface area contributed by atoms with E-state index >= 15 is 0 Å². The van der Waals surface area contributed by atoms with Crippen molar-refractivity contribution >= 4 is 23.0 Å². The van der Waals surface area contributed by atoms with Gasteiger partial charge in [0.1, 0.15) is 23.6 Å². The molecule has 3 rings (SSSR count). The number of pyridine rings is 1. The maximum Gasteiger partial charge on any atom is 0.274 e. The molecule has 0 radical (unpaired) electrons. The molecule has 0 aliphatic carbocycles. The number of carbonyl (C=O) groups is 1. The van der Waals surface area contributed by atoms with Crippen LogP contribution < -0.4 is 27.1 Å². The van der Waals surface area contributed by atoms with Gasteiger partial charge in [0.2, 0.25) is 5.91 Å². The highest BCUT2D eigenvalue weighted by molar-refractivity contribution is 5.79. The van der Waals surface area contributed by atoms with Crippen LogP contribution in [-0.4, -0.2) is 29.5 Å². The van der Waals surface area contributed by atoms with E-state index in [1.807, 2.05) is 37.3 Å². The maximum absolute atomic E-state index is 12.7. The molecule has 2 N–H and O–H groups in total. The SMILES string of the molecule is CCC(Nc1c(Nc2cccn(CC(=O)N(C)C)c2=O)c(=O)c1=O)c1ccccc1. The molecule has 0 fully saturated rings. The molecule has 1 unspecified atom stereocenters. The number of hydrogen-bond donors (Lipinski definition) is 2. The van der Waals surface area contributed by atoms with Crippen molar-refractivity contribution in [3.05, 3.63) is 85.0 Å². The average Bonchev–Trinajstić information content (AvgIpc) is 2.75. The fraction of sp³-hybridized carbons (Fsp3) is 0.273. The molecule has 156 valence electrons. The molecule has 0 saturated carbocycles. The van der Waals surface area contributed by atoms with Gasteiger partial charge >= 0.3 is 0 Å². The Labute approximate surface area is 173 Å². The fourth-order valence-electron chi connectivity index (χ4n) is 3.11. The number of benzene rings is 1. The van der Waals surface area contributed by atoms with E-state index in [1.54, 1.807) is 20.2 Å². The van der Waals surface area contributed by atoms with E-state index in [-0.39, 0.29) is 35.6 Å². The van der Waals surface area contributed by atoms with Gasteiger partial charge in [-0.15, -0.1) is 0 Å². The van der Waals surface area contributed by atoms with E-state index in [4.69, 9.17) is 0 Å². The van der Waals surface area contributed by atoms with Crippen molar-refractivity contribution in [3.8, 4) is 0 Å². The van der Waals surface area contributed by atoms with Gasteiger partial charge in [-0.1, -0.05) is 37.3 Å². The van der Waals surface area contributed by atoms with Crippen molar-refractivity contribution in [3.63, 3.8) is 0 Å². The smallest absolute Gasteiger partial charge is 0.274 e. The Kier molecular flexibility index (Phi) is 6.15. The van der Waals surface area contributed by atoms with Crippen molar-refractivity contribution in [2.24, 2.45) is 0 Å². The summed E-state index contributed by atoms with van der Waals surface area (Å²) in [5.41, 5.74) is -0.430. The summed E-state index contributed by atoms with van der Waals surface area (Å²) in [7, 11) is 3.21.